The van der Waals surface area contributed by atoms with Gasteiger partial charge in [-0.1, -0.05) is 39.3 Å². The van der Waals surface area contributed by atoms with E-state index in [9.17, 15) is 0 Å². The van der Waals surface area contributed by atoms with Crippen LogP contribution >= 0.6 is 15.9 Å². The minimum absolute atomic E-state index is 0.207. The number of ether oxygens (including phenoxy) is 2. The van der Waals surface area contributed by atoms with Crippen molar-refractivity contribution in [2.45, 2.75) is 6.61 Å². The minimum atomic E-state index is 0.207. The molecular formula is C16H13BrN2O3. The average Bonchev–Trinajstić information content (AvgIpc) is 3.02. The zero-order valence-corrected chi connectivity index (χ0v) is 13.4. The maximum atomic E-state index is 5.62. The Morgan fingerprint density at radius 1 is 1.14 bits per heavy atom. The van der Waals surface area contributed by atoms with Crippen LogP contribution in [-0.4, -0.2) is 17.3 Å². The van der Waals surface area contributed by atoms with Crippen molar-refractivity contribution in [1.29, 1.82) is 0 Å². The average molecular weight is 361 g/mol. The van der Waals surface area contributed by atoms with Gasteiger partial charge in [0.15, 0.2) is 6.61 Å². The zero-order valence-electron chi connectivity index (χ0n) is 11.8. The Labute approximate surface area is 136 Å². The van der Waals surface area contributed by atoms with Gasteiger partial charge in [0.2, 0.25) is 5.82 Å². The molecule has 0 amide bonds. The van der Waals surface area contributed by atoms with E-state index in [1.165, 1.54) is 0 Å². The molecule has 5 nitrogen and oxygen atoms in total. The number of aromatic nitrogens is 2. The highest BCUT2D eigenvalue weighted by atomic mass is 79.9. The molecule has 0 aliphatic heterocycles. The number of halogens is 1. The van der Waals surface area contributed by atoms with Crippen LogP contribution in [0.15, 0.2) is 57.5 Å². The van der Waals surface area contributed by atoms with E-state index in [0.717, 1.165) is 15.8 Å². The third-order valence-electron chi connectivity index (χ3n) is 2.97. The molecule has 0 fully saturated rings. The Morgan fingerprint density at radius 3 is 2.82 bits per heavy atom. The van der Waals surface area contributed by atoms with Gasteiger partial charge in [0.05, 0.1) is 12.7 Å². The third kappa shape index (κ3) is 3.28. The fourth-order valence-electron chi connectivity index (χ4n) is 1.95. The number of hydrogen-bond acceptors (Lipinski definition) is 5. The van der Waals surface area contributed by atoms with Crippen LogP contribution < -0.4 is 9.47 Å². The number of hydrogen-bond donors (Lipinski definition) is 0. The highest BCUT2D eigenvalue weighted by molar-refractivity contribution is 9.10. The van der Waals surface area contributed by atoms with Crippen LogP contribution in [0.25, 0.3) is 11.4 Å². The molecule has 0 aliphatic rings. The Hall–Kier alpha value is -2.34. The van der Waals surface area contributed by atoms with Crippen molar-refractivity contribution >= 4 is 15.9 Å². The summed E-state index contributed by atoms with van der Waals surface area (Å²) in [5.41, 5.74) is 0.780. The predicted octanol–water partition coefficient (Wildman–Crippen LogP) is 4.09. The second-order valence-corrected chi connectivity index (χ2v) is 5.37. The predicted molar refractivity (Wildman–Crippen MR) is 84.8 cm³/mol. The van der Waals surface area contributed by atoms with Gasteiger partial charge in [-0.25, -0.2) is 0 Å². The largest absolute Gasteiger partial charge is 0.496 e. The molecule has 0 spiro atoms. The second kappa shape index (κ2) is 6.62. The molecule has 0 saturated heterocycles. The van der Waals surface area contributed by atoms with E-state index >= 15 is 0 Å². The lowest BCUT2D eigenvalue weighted by Gasteiger charge is -2.03. The first-order chi connectivity index (χ1) is 10.8. The first-order valence-electron chi connectivity index (χ1n) is 6.60. The molecule has 2 aromatic carbocycles. The summed E-state index contributed by atoms with van der Waals surface area (Å²) >= 11 is 3.39. The molecule has 0 aliphatic carbocycles. The van der Waals surface area contributed by atoms with Crippen LogP contribution in [0.3, 0.4) is 0 Å². The van der Waals surface area contributed by atoms with E-state index in [-0.39, 0.29) is 6.61 Å². The Kier molecular flexibility index (Phi) is 4.39. The van der Waals surface area contributed by atoms with Crippen LogP contribution in [0, 0.1) is 0 Å². The van der Waals surface area contributed by atoms with Gasteiger partial charge < -0.3 is 14.0 Å². The van der Waals surface area contributed by atoms with Gasteiger partial charge in [-0.3, -0.25) is 0 Å². The lowest BCUT2D eigenvalue weighted by Crippen LogP contribution is -1.95. The third-order valence-corrected chi connectivity index (χ3v) is 3.47. The van der Waals surface area contributed by atoms with Crippen LogP contribution in [0.1, 0.15) is 5.89 Å². The van der Waals surface area contributed by atoms with E-state index in [0.29, 0.717) is 17.5 Å². The van der Waals surface area contributed by atoms with Crippen LogP contribution in [0.2, 0.25) is 0 Å². The van der Waals surface area contributed by atoms with Gasteiger partial charge in [-0.05, 0) is 30.3 Å². The molecule has 112 valence electrons. The van der Waals surface area contributed by atoms with Crippen molar-refractivity contribution in [3.63, 3.8) is 0 Å². The highest BCUT2D eigenvalue weighted by Crippen LogP contribution is 2.27. The molecule has 3 rings (SSSR count). The Balaban J connectivity index is 1.74. The summed E-state index contributed by atoms with van der Waals surface area (Å²) in [7, 11) is 1.61. The molecule has 3 aromatic rings. The first-order valence-corrected chi connectivity index (χ1v) is 7.40. The fraction of sp³-hybridized carbons (Fsp3) is 0.125. The maximum Gasteiger partial charge on any atom is 0.264 e. The van der Waals surface area contributed by atoms with Gasteiger partial charge in [-0.15, -0.1) is 0 Å². The summed E-state index contributed by atoms with van der Waals surface area (Å²) < 4.78 is 17.1. The van der Waals surface area contributed by atoms with Gasteiger partial charge >= 0.3 is 0 Å². The molecule has 1 heterocycles. The number of nitrogens with zero attached hydrogens (tertiary/aromatic N) is 2. The summed E-state index contributed by atoms with van der Waals surface area (Å²) in [5.74, 6) is 2.31. The zero-order chi connectivity index (χ0) is 15.4. The van der Waals surface area contributed by atoms with Crippen LogP contribution in [0.5, 0.6) is 11.5 Å². The van der Waals surface area contributed by atoms with Gasteiger partial charge in [0.25, 0.3) is 5.89 Å². The molecule has 0 saturated carbocycles. The van der Waals surface area contributed by atoms with Crippen molar-refractivity contribution in [2.24, 2.45) is 0 Å². The molecule has 1 aromatic heterocycles. The number of para-hydroxylation sites is 1. The Bertz CT molecular complexity index is 773. The first kappa shape index (κ1) is 14.6. The summed E-state index contributed by atoms with van der Waals surface area (Å²) in [4.78, 5) is 4.33. The van der Waals surface area contributed by atoms with Gasteiger partial charge in [0.1, 0.15) is 11.5 Å². The van der Waals surface area contributed by atoms with E-state index < -0.39 is 0 Å². The minimum Gasteiger partial charge on any atom is -0.496 e. The summed E-state index contributed by atoms with van der Waals surface area (Å²) in [5, 5.41) is 3.97. The van der Waals surface area contributed by atoms with Crippen LogP contribution in [0.4, 0.5) is 0 Å². The quantitative estimate of drug-likeness (QED) is 0.685. The maximum absolute atomic E-state index is 5.62. The van der Waals surface area contributed by atoms with E-state index in [1.54, 1.807) is 7.11 Å². The highest BCUT2D eigenvalue weighted by Gasteiger charge is 2.13. The van der Waals surface area contributed by atoms with Crippen molar-refractivity contribution in [3.8, 4) is 22.9 Å². The van der Waals surface area contributed by atoms with Crippen LogP contribution in [-0.2, 0) is 6.61 Å². The summed E-state index contributed by atoms with van der Waals surface area (Å²) in [6.07, 6.45) is 0. The number of methoxy groups -OCH3 is 1. The molecular weight excluding hydrogens is 348 g/mol. The lowest BCUT2D eigenvalue weighted by molar-refractivity contribution is 0.243. The Morgan fingerprint density at radius 2 is 2.00 bits per heavy atom. The van der Waals surface area contributed by atoms with Crippen molar-refractivity contribution in [2.75, 3.05) is 7.11 Å². The molecule has 0 atom stereocenters. The fourth-order valence-corrected chi connectivity index (χ4v) is 2.33. The van der Waals surface area contributed by atoms with Crippen molar-refractivity contribution < 1.29 is 14.0 Å². The van der Waals surface area contributed by atoms with E-state index in [1.807, 2.05) is 48.5 Å². The molecule has 0 N–H and O–H groups in total. The van der Waals surface area contributed by atoms with Crippen molar-refractivity contribution in [3.05, 3.63) is 58.9 Å². The molecule has 0 unspecified atom stereocenters. The van der Waals surface area contributed by atoms with E-state index in [2.05, 4.69) is 26.1 Å². The van der Waals surface area contributed by atoms with Gasteiger partial charge in [-0.2, -0.15) is 4.98 Å². The second-order valence-electron chi connectivity index (χ2n) is 4.46. The van der Waals surface area contributed by atoms with Crippen molar-refractivity contribution in [1.82, 2.24) is 10.1 Å². The topological polar surface area (TPSA) is 57.4 Å². The summed E-state index contributed by atoms with van der Waals surface area (Å²) in [6.45, 7) is 0.207. The SMILES string of the molecule is COc1ccccc1-c1noc(COc2cccc(Br)c2)n1. The van der Waals surface area contributed by atoms with Gasteiger partial charge in [0, 0.05) is 4.47 Å². The van der Waals surface area contributed by atoms with E-state index in [4.69, 9.17) is 14.0 Å². The standard InChI is InChI=1S/C16H13BrN2O3/c1-20-14-8-3-2-7-13(14)16-18-15(22-19-16)10-21-12-6-4-5-11(17)9-12/h2-9H,10H2,1H3. The molecule has 0 bridgehead atoms. The monoisotopic (exact) mass is 360 g/mol. The summed E-state index contributed by atoms with van der Waals surface area (Å²) in [6, 6.07) is 15.1. The lowest BCUT2D eigenvalue weighted by atomic mass is 10.2. The molecule has 0 radical (unpaired) electrons. The molecule has 6 heteroatoms. The smallest absolute Gasteiger partial charge is 0.264 e. The molecule has 22 heavy (non-hydrogen) atoms. The normalized spacial score (nSPS) is 10.5. The number of rotatable bonds is 5. The number of benzene rings is 2.